The number of nitrogens with two attached hydrogens (primary N) is 1. The van der Waals surface area contributed by atoms with Crippen molar-refractivity contribution in [1.29, 1.82) is 0 Å². The third-order valence-corrected chi connectivity index (χ3v) is 5.18. The van der Waals surface area contributed by atoms with E-state index in [2.05, 4.69) is 18.6 Å². The van der Waals surface area contributed by atoms with Gasteiger partial charge in [0.1, 0.15) is 0 Å². The van der Waals surface area contributed by atoms with Crippen molar-refractivity contribution in [2.45, 2.75) is 51.0 Å². The molecule has 0 aromatic heterocycles. The lowest BCUT2D eigenvalue weighted by Gasteiger charge is -2.16. The second-order valence-electron chi connectivity index (χ2n) is 5.64. The van der Waals surface area contributed by atoms with Gasteiger partial charge in [-0.25, -0.2) is 13.1 Å². The standard InChI is InChI=1S/C15H26N2O2S/c1-5-12(4)13-6-8-14(9-7-13)20(18,19)17-10-15(16)11(2)3/h6-9,11-12,15,17H,5,10,16H2,1-4H3. The highest BCUT2D eigenvalue weighted by Gasteiger charge is 2.17. The van der Waals surface area contributed by atoms with Gasteiger partial charge in [-0.3, -0.25) is 0 Å². The molecule has 0 bridgehead atoms. The van der Waals surface area contributed by atoms with Crippen molar-refractivity contribution in [3.05, 3.63) is 29.8 Å². The molecule has 2 atom stereocenters. The SMILES string of the molecule is CCC(C)c1ccc(S(=O)(=O)NCC(N)C(C)C)cc1. The number of nitrogens with one attached hydrogen (secondary N) is 1. The molecular weight excluding hydrogens is 272 g/mol. The van der Waals surface area contributed by atoms with Crippen molar-refractivity contribution in [3.8, 4) is 0 Å². The summed E-state index contributed by atoms with van der Waals surface area (Å²) in [6.45, 7) is 8.44. The summed E-state index contributed by atoms with van der Waals surface area (Å²) in [5, 5.41) is 0. The number of sulfonamides is 1. The molecule has 0 fully saturated rings. The van der Waals surface area contributed by atoms with Gasteiger partial charge in [0.25, 0.3) is 0 Å². The highest BCUT2D eigenvalue weighted by molar-refractivity contribution is 7.89. The molecule has 2 unspecified atom stereocenters. The van der Waals surface area contributed by atoms with Crippen molar-refractivity contribution in [3.63, 3.8) is 0 Å². The van der Waals surface area contributed by atoms with E-state index in [-0.39, 0.29) is 18.5 Å². The van der Waals surface area contributed by atoms with Crippen LogP contribution in [0.2, 0.25) is 0 Å². The Balaban J connectivity index is 2.78. The van der Waals surface area contributed by atoms with E-state index in [0.29, 0.717) is 10.8 Å². The van der Waals surface area contributed by atoms with E-state index in [0.717, 1.165) is 12.0 Å². The Morgan fingerprint density at radius 1 is 1.15 bits per heavy atom. The van der Waals surface area contributed by atoms with Gasteiger partial charge in [-0.15, -0.1) is 0 Å². The smallest absolute Gasteiger partial charge is 0.240 e. The highest BCUT2D eigenvalue weighted by Crippen LogP contribution is 2.20. The monoisotopic (exact) mass is 298 g/mol. The first-order valence-corrected chi connectivity index (χ1v) is 8.61. The zero-order chi connectivity index (χ0) is 15.3. The lowest BCUT2D eigenvalue weighted by molar-refractivity contribution is 0.481. The average Bonchev–Trinajstić information content (AvgIpc) is 2.44. The summed E-state index contributed by atoms with van der Waals surface area (Å²) in [7, 11) is -3.47. The Kier molecular flexibility index (Phi) is 6.17. The number of hydrogen-bond donors (Lipinski definition) is 2. The fourth-order valence-corrected chi connectivity index (χ4v) is 2.81. The van der Waals surface area contributed by atoms with Crippen LogP contribution < -0.4 is 10.5 Å². The normalized spacial score (nSPS) is 15.3. The zero-order valence-electron chi connectivity index (χ0n) is 12.8. The van der Waals surface area contributed by atoms with E-state index in [4.69, 9.17) is 5.73 Å². The van der Waals surface area contributed by atoms with Crippen molar-refractivity contribution in [2.24, 2.45) is 11.7 Å². The van der Waals surface area contributed by atoms with E-state index in [1.54, 1.807) is 12.1 Å². The molecule has 0 amide bonds. The molecule has 3 N–H and O–H groups in total. The number of rotatable bonds is 7. The molecule has 0 spiro atoms. The first-order chi connectivity index (χ1) is 9.27. The van der Waals surface area contributed by atoms with Gasteiger partial charge in [-0.1, -0.05) is 39.8 Å². The maximum Gasteiger partial charge on any atom is 0.240 e. The minimum atomic E-state index is -3.47. The minimum Gasteiger partial charge on any atom is -0.326 e. The van der Waals surface area contributed by atoms with Crippen LogP contribution in [0.3, 0.4) is 0 Å². The average molecular weight is 298 g/mol. The fourth-order valence-electron chi connectivity index (χ4n) is 1.74. The van der Waals surface area contributed by atoms with Crippen molar-refractivity contribution >= 4 is 10.0 Å². The van der Waals surface area contributed by atoms with Crippen LogP contribution in [0.25, 0.3) is 0 Å². The maximum absolute atomic E-state index is 12.1. The molecule has 1 rings (SSSR count). The summed E-state index contributed by atoms with van der Waals surface area (Å²) in [5.41, 5.74) is 7.01. The van der Waals surface area contributed by atoms with E-state index in [9.17, 15) is 8.42 Å². The second-order valence-corrected chi connectivity index (χ2v) is 7.41. The van der Waals surface area contributed by atoms with Crippen LogP contribution >= 0.6 is 0 Å². The Bertz CT molecular complexity index is 509. The van der Waals surface area contributed by atoms with Gasteiger partial charge in [-0.05, 0) is 36.0 Å². The summed E-state index contributed by atoms with van der Waals surface area (Å²) in [6.07, 6.45) is 1.04. The topological polar surface area (TPSA) is 72.2 Å². The Morgan fingerprint density at radius 3 is 2.15 bits per heavy atom. The van der Waals surface area contributed by atoms with Crippen LogP contribution in [-0.4, -0.2) is 21.0 Å². The van der Waals surface area contributed by atoms with Crippen LogP contribution in [-0.2, 0) is 10.0 Å². The molecule has 1 aromatic rings. The van der Waals surface area contributed by atoms with Crippen LogP contribution in [0.15, 0.2) is 29.2 Å². The lowest BCUT2D eigenvalue weighted by Crippen LogP contribution is -2.40. The summed E-state index contributed by atoms with van der Waals surface area (Å²) >= 11 is 0. The van der Waals surface area contributed by atoms with E-state index < -0.39 is 10.0 Å². The maximum atomic E-state index is 12.1. The van der Waals surface area contributed by atoms with Crippen LogP contribution in [0.4, 0.5) is 0 Å². The van der Waals surface area contributed by atoms with Gasteiger partial charge >= 0.3 is 0 Å². The molecule has 0 saturated carbocycles. The molecular formula is C15H26N2O2S. The van der Waals surface area contributed by atoms with Gasteiger partial charge in [0.05, 0.1) is 4.90 Å². The first kappa shape index (κ1) is 17.1. The molecule has 5 heteroatoms. The Labute approximate surface area is 122 Å². The second kappa shape index (κ2) is 7.20. The van der Waals surface area contributed by atoms with Crippen molar-refractivity contribution < 1.29 is 8.42 Å². The highest BCUT2D eigenvalue weighted by atomic mass is 32.2. The van der Waals surface area contributed by atoms with E-state index in [1.807, 2.05) is 26.0 Å². The molecule has 114 valence electrons. The predicted molar refractivity (Wildman–Crippen MR) is 83.1 cm³/mol. The fraction of sp³-hybridized carbons (Fsp3) is 0.600. The minimum absolute atomic E-state index is 0.177. The molecule has 0 aliphatic rings. The zero-order valence-corrected chi connectivity index (χ0v) is 13.6. The van der Waals surface area contributed by atoms with Gasteiger partial charge in [0.15, 0.2) is 0 Å². The van der Waals surface area contributed by atoms with Gasteiger partial charge in [0.2, 0.25) is 10.0 Å². The van der Waals surface area contributed by atoms with Crippen LogP contribution in [0.5, 0.6) is 0 Å². The van der Waals surface area contributed by atoms with Gasteiger partial charge in [0, 0.05) is 12.6 Å². The summed E-state index contributed by atoms with van der Waals surface area (Å²) in [4.78, 5) is 0.292. The van der Waals surface area contributed by atoms with E-state index >= 15 is 0 Å². The predicted octanol–water partition coefficient (Wildman–Crippen LogP) is 2.46. The molecule has 0 radical (unpaired) electrons. The Hall–Kier alpha value is -0.910. The third-order valence-electron chi connectivity index (χ3n) is 3.74. The quantitative estimate of drug-likeness (QED) is 0.812. The summed E-state index contributed by atoms with van der Waals surface area (Å²) < 4.78 is 26.9. The number of hydrogen-bond acceptors (Lipinski definition) is 3. The summed E-state index contributed by atoms with van der Waals surface area (Å²) in [6, 6.07) is 6.90. The molecule has 0 aliphatic heterocycles. The van der Waals surface area contributed by atoms with Crippen molar-refractivity contribution in [1.82, 2.24) is 4.72 Å². The van der Waals surface area contributed by atoms with Crippen LogP contribution in [0, 0.1) is 5.92 Å². The number of benzene rings is 1. The van der Waals surface area contributed by atoms with E-state index in [1.165, 1.54) is 0 Å². The molecule has 1 aromatic carbocycles. The molecule has 4 nitrogen and oxygen atoms in total. The van der Waals surface area contributed by atoms with Gasteiger partial charge < -0.3 is 5.73 Å². The van der Waals surface area contributed by atoms with Crippen molar-refractivity contribution in [2.75, 3.05) is 6.54 Å². The Morgan fingerprint density at radius 2 is 1.70 bits per heavy atom. The van der Waals surface area contributed by atoms with Gasteiger partial charge in [-0.2, -0.15) is 0 Å². The molecule has 20 heavy (non-hydrogen) atoms. The molecule has 0 heterocycles. The largest absolute Gasteiger partial charge is 0.326 e. The molecule has 0 saturated heterocycles. The van der Waals surface area contributed by atoms with Crippen LogP contribution in [0.1, 0.15) is 45.6 Å². The first-order valence-electron chi connectivity index (χ1n) is 7.13. The summed E-state index contributed by atoms with van der Waals surface area (Å²) in [5.74, 6) is 0.680. The molecule has 0 aliphatic carbocycles. The third kappa shape index (κ3) is 4.58. The lowest BCUT2D eigenvalue weighted by atomic mass is 9.99.